The molecule has 2 fully saturated rings. The molecule has 0 spiro atoms. The summed E-state index contributed by atoms with van der Waals surface area (Å²) in [5.41, 5.74) is 0.853. The second-order valence-corrected chi connectivity index (χ2v) is 6.74. The normalized spacial score (nSPS) is 23.8. The molecule has 1 saturated heterocycles. The number of carbonyl (C=O) groups excluding carboxylic acids is 1. The van der Waals surface area contributed by atoms with Crippen molar-refractivity contribution in [3.8, 4) is 0 Å². The van der Waals surface area contributed by atoms with Crippen LogP contribution in [0.2, 0.25) is 0 Å². The van der Waals surface area contributed by atoms with Gasteiger partial charge in [0.1, 0.15) is 6.61 Å². The molecule has 0 radical (unpaired) electrons. The van der Waals surface area contributed by atoms with Gasteiger partial charge in [-0.3, -0.25) is 15.0 Å². The Labute approximate surface area is 140 Å². The summed E-state index contributed by atoms with van der Waals surface area (Å²) >= 11 is 0. The van der Waals surface area contributed by atoms with Gasteiger partial charge in [-0.25, -0.2) is 4.98 Å². The Morgan fingerprint density at radius 2 is 2.25 bits per heavy atom. The number of aromatic amines is 2. The number of H-pyrrole nitrogens is 2. The first kappa shape index (κ1) is 15.3. The third-order valence-corrected chi connectivity index (χ3v) is 5.01. The maximum absolute atomic E-state index is 12.6. The minimum Gasteiger partial charge on any atom is -0.377 e. The predicted octanol–water partition coefficient (Wildman–Crippen LogP) is 0.869. The minimum absolute atomic E-state index is 0.139. The van der Waals surface area contributed by atoms with Crippen LogP contribution in [-0.4, -0.2) is 56.4 Å². The molecule has 8 heteroatoms. The van der Waals surface area contributed by atoms with Crippen molar-refractivity contribution in [3.05, 3.63) is 29.6 Å². The van der Waals surface area contributed by atoms with Gasteiger partial charge in [-0.1, -0.05) is 0 Å². The number of hydrogen-bond donors (Lipinski definition) is 2. The van der Waals surface area contributed by atoms with Crippen LogP contribution in [0.15, 0.2) is 12.3 Å². The zero-order valence-electron chi connectivity index (χ0n) is 13.7. The zero-order valence-corrected chi connectivity index (χ0v) is 13.7. The molecule has 2 N–H and O–H groups in total. The van der Waals surface area contributed by atoms with Crippen LogP contribution < -0.4 is 0 Å². The molecule has 1 aliphatic carbocycles. The molecule has 3 heterocycles. The zero-order chi connectivity index (χ0) is 16.5. The number of nitrogens with one attached hydrogen (secondary N) is 2. The topological polar surface area (TPSA) is 99.8 Å². The van der Waals surface area contributed by atoms with Crippen molar-refractivity contribution in [3.63, 3.8) is 0 Å². The van der Waals surface area contributed by atoms with Gasteiger partial charge in [0.05, 0.1) is 6.42 Å². The maximum atomic E-state index is 12.6. The average Bonchev–Trinajstić information content (AvgIpc) is 3.00. The van der Waals surface area contributed by atoms with Gasteiger partial charge in [-0.05, 0) is 30.7 Å². The fraction of sp³-hybridized carbons (Fsp3) is 0.625. The van der Waals surface area contributed by atoms with E-state index in [2.05, 4.69) is 25.4 Å². The van der Waals surface area contributed by atoms with Crippen LogP contribution in [-0.2, 0) is 22.6 Å². The second-order valence-electron chi connectivity index (χ2n) is 6.74. The smallest absolute Gasteiger partial charge is 0.228 e. The SMILES string of the molecule is COCc1nc([C@H]2CN(C(=O)Cc3ccn[nH]3)C[C@@H]2C2CC2)n[nH]1. The van der Waals surface area contributed by atoms with Crippen LogP contribution in [0.5, 0.6) is 0 Å². The summed E-state index contributed by atoms with van der Waals surface area (Å²) in [6, 6.07) is 1.84. The fourth-order valence-electron chi connectivity index (χ4n) is 3.64. The number of likely N-dealkylation sites (tertiary alicyclic amines) is 1. The Kier molecular flexibility index (Phi) is 4.05. The van der Waals surface area contributed by atoms with E-state index >= 15 is 0 Å². The van der Waals surface area contributed by atoms with E-state index in [4.69, 9.17) is 4.74 Å². The summed E-state index contributed by atoms with van der Waals surface area (Å²) in [6.45, 7) is 1.92. The molecule has 2 aromatic heterocycles. The van der Waals surface area contributed by atoms with E-state index in [0.29, 0.717) is 31.4 Å². The first-order chi connectivity index (χ1) is 11.7. The van der Waals surface area contributed by atoms with Crippen molar-refractivity contribution in [2.45, 2.75) is 31.8 Å². The summed E-state index contributed by atoms with van der Waals surface area (Å²) in [4.78, 5) is 19.1. The van der Waals surface area contributed by atoms with Gasteiger partial charge < -0.3 is 9.64 Å². The Morgan fingerprint density at radius 1 is 1.38 bits per heavy atom. The van der Waals surface area contributed by atoms with Gasteiger partial charge >= 0.3 is 0 Å². The van der Waals surface area contributed by atoms with E-state index in [1.807, 2.05) is 11.0 Å². The van der Waals surface area contributed by atoms with E-state index < -0.39 is 0 Å². The van der Waals surface area contributed by atoms with Gasteiger partial charge in [-0.15, -0.1) is 0 Å². The molecule has 0 aromatic carbocycles. The summed E-state index contributed by atoms with van der Waals surface area (Å²) in [6.07, 6.45) is 4.54. The lowest BCUT2D eigenvalue weighted by Crippen LogP contribution is -2.30. The number of hydrogen-bond acceptors (Lipinski definition) is 5. The van der Waals surface area contributed by atoms with Gasteiger partial charge in [0, 0.05) is 38.0 Å². The molecular weight excluding hydrogens is 308 g/mol. The highest BCUT2D eigenvalue weighted by Gasteiger charge is 2.45. The van der Waals surface area contributed by atoms with E-state index in [-0.39, 0.29) is 11.8 Å². The Hall–Kier alpha value is -2.22. The van der Waals surface area contributed by atoms with Crippen molar-refractivity contribution in [2.24, 2.45) is 11.8 Å². The van der Waals surface area contributed by atoms with Gasteiger partial charge in [0.15, 0.2) is 11.6 Å². The number of aromatic nitrogens is 5. The second kappa shape index (κ2) is 6.35. The molecule has 24 heavy (non-hydrogen) atoms. The van der Waals surface area contributed by atoms with Crippen molar-refractivity contribution in [2.75, 3.05) is 20.2 Å². The van der Waals surface area contributed by atoms with Crippen LogP contribution in [0.25, 0.3) is 0 Å². The lowest BCUT2D eigenvalue weighted by atomic mass is 9.91. The number of methoxy groups -OCH3 is 1. The quantitative estimate of drug-likeness (QED) is 0.818. The molecule has 2 aliphatic rings. The monoisotopic (exact) mass is 330 g/mol. The average molecular weight is 330 g/mol. The molecule has 0 bridgehead atoms. The largest absolute Gasteiger partial charge is 0.377 e. The first-order valence-corrected chi connectivity index (χ1v) is 8.40. The van der Waals surface area contributed by atoms with Gasteiger partial charge in [0.2, 0.25) is 5.91 Å². The molecule has 128 valence electrons. The van der Waals surface area contributed by atoms with Crippen LogP contribution in [0, 0.1) is 11.8 Å². The predicted molar refractivity (Wildman–Crippen MR) is 84.9 cm³/mol. The third-order valence-electron chi connectivity index (χ3n) is 5.01. The summed E-state index contributed by atoms with van der Waals surface area (Å²) in [5, 5.41) is 14.1. The van der Waals surface area contributed by atoms with E-state index in [0.717, 1.165) is 23.9 Å². The summed E-state index contributed by atoms with van der Waals surface area (Å²) < 4.78 is 5.10. The van der Waals surface area contributed by atoms with Crippen molar-refractivity contribution < 1.29 is 9.53 Å². The van der Waals surface area contributed by atoms with Crippen molar-refractivity contribution in [1.29, 1.82) is 0 Å². The van der Waals surface area contributed by atoms with E-state index in [1.165, 1.54) is 12.8 Å². The first-order valence-electron chi connectivity index (χ1n) is 8.40. The highest BCUT2D eigenvalue weighted by molar-refractivity contribution is 5.78. The third kappa shape index (κ3) is 3.06. The molecular formula is C16H22N6O2. The molecule has 4 rings (SSSR count). The Balaban J connectivity index is 1.47. The molecule has 0 unspecified atom stereocenters. The standard InChI is InChI=1S/C16H22N6O2/c1-24-9-14-18-16(21-20-14)13-8-22(7-12(13)10-2-3-10)15(23)6-11-4-5-17-19-11/h4-5,10,12-13H,2-3,6-9H2,1H3,(H,17,19)(H,18,20,21)/t12-,13+/m1/s1. The molecule has 1 aliphatic heterocycles. The van der Waals surface area contributed by atoms with Crippen molar-refractivity contribution >= 4 is 5.91 Å². The van der Waals surface area contributed by atoms with Gasteiger partial charge in [0.25, 0.3) is 0 Å². The maximum Gasteiger partial charge on any atom is 0.228 e. The van der Waals surface area contributed by atoms with E-state index in [9.17, 15) is 4.79 Å². The van der Waals surface area contributed by atoms with Crippen LogP contribution in [0.3, 0.4) is 0 Å². The van der Waals surface area contributed by atoms with E-state index in [1.54, 1.807) is 13.3 Å². The van der Waals surface area contributed by atoms with Crippen LogP contribution in [0.4, 0.5) is 0 Å². The highest BCUT2D eigenvalue weighted by Crippen LogP contribution is 2.47. The molecule has 2 aromatic rings. The van der Waals surface area contributed by atoms with Gasteiger partial charge in [-0.2, -0.15) is 10.2 Å². The Bertz CT molecular complexity index is 693. The number of rotatable bonds is 6. The summed E-state index contributed by atoms with van der Waals surface area (Å²) in [5.74, 6) is 3.07. The molecule has 1 saturated carbocycles. The highest BCUT2D eigenvalue weighted by atomic mass is 16.5. The Morgan fingerprint density at radius 3 is 2.96 bits per heavy atom. The van der Waals surface area contributed by atoms with Crippen molar-refractivity contribution in [1.82, 2.24) is 30.3 Å². The summed E-state index contributed by atoms with van der Waals surface area (Å²) in [7, 11) is 1.64. The number of amides is 1. The lowest BCUT2D eigenvalue weighted by Gasteiger charge is -2.15. The number of nitrogens with zero attached hydrogens (tertiary/aromatic N) is 4. The van der Waals surface area contributed by atoms with Crippen LogP contribution >= 0.6 is 0 Å². The number of carbonyl (C=O) groups is 1. The molecule has 1 amide bonds. The molecule has 2 atom stereocenters. The lowest BCUT2D eigenvalue weighted by molar-refractivity contribution is -0.129. The molecule has 8 nitrogen and oxygen atoms in total. The fourth-order valence-corrected chi connectivity index (χ4v) is 3.64. The van der Waals surface area contributed by atoms with Crippen LogP contribution in [0.1, 0.15) is 36.1 Å². The number of ether oxygens (including phenoxy) is 1. The minimum atomic E-state index is 0.139.